The summed E-state index contributed by atoms with van der Waals surface area (Å²) in [6.07, 6.45) is 0.872. The Labute approximate surface area is 166 Å². The highest BCUT2D eigenvalue weighted by Gasteiger charge is 2.45. The molecule has 27 heavy (non-hydrogen) atoms. The molecular weight excluding hydrogens is 383 g/mol. The fraction of sp³-hybridized carbons (Fsp3) is 1.00. The third kappa shape index (κ3) is 5.81. The van der Waals surface area contributed by atoms with Crippen LogP contribution in [0.5, 0.6) is 0 Å². The van der Waals surface area contributed by atoms with Crippen molar-refractivity contribution in [1.82, 2.24) is 0 Å². The van der Waals surface area contributed by atoms with Gasteiger partial charge in [-0.2, -0.15) is 0 Å². The first kappa shape index (κ1) is 23.4. The Hall–Kier alpha value is 0.117. The predicted molar refractivity (Wildman–Crippen MR) is 109 cm³/mol. The Bertz CT molecular complexity index is 509. The van der Waals surface area contributed by atoms with Gasteiger partial charge < -0.3 is 13.9 Å². The summed E-state index contributed by atoms with van der Waals surface area (Å²) in [5.41, 5.74) is 0. The highest BCUT2D eigenvalue weighted by Crippen LogP contribution is 2.40. The normalized spacial score (nSPS) is 35.6. The fourth-order valence-corrected chi connectivity index (χ4v) is 5.51. The highest BCUT2D eigenvalue weighted by molar-refractivity contribution is 7.33. The van der Waals surface area contributed by atoms with Crippen LogP contribution in [0.2, 0.25) is 18.1 Å². The summed E-state index contributed by atoms with van der Waals surface area (Å²) in [4.78, 5) is 0. The summed E-state index contributed by atoms with van der Waals surface area (Å²) < 4.78 is 41.3. The molecule has 0 saturated carbocycles. The lowest BCUT2D eigenvalue weighted by Gasteiger charge is -2.39. The van der Waals surface area contributed by atoms with Gasteiger partial charge in [0.1, 0.15) is 12.7 Å². The Balaban J connectivity index is 1.78. The maximum atomic E-state index is 12.2. The third-order valence-electron chi connectivity index (χ3n) is 6.52. The summed E-state index contributed by atoms with van der Waals surface area (Å²) in [7, 11) is -4.03. The van der Waals surface area contributed by atoms with Gasteiger partial charge in [0, 0.05) is 16.4 Å². The molecule has 2 aliphatic rings. The zero-order chi connectivity index (χ0) is 20.4. The standard InChI is InChI=1S/C19H38O6PSi/c1-9-15-13(2)17(10-21-15)24-26(20)23-12-16-14(3)18(11-22-16)25-27(7,8)19(4,5)6/h13-18H,9-12H2,1-8H3/q+1/t13?,14?,15-,16-,17-,18-/m1/s1. The molecule has 0 aromatic heterocycles. The molecule has 0 radical (unpaired) electrons. The Kier molecular flexibility index (Phi) is 8.05. The van der Waals surface area contributed by atoms with Gasteiger partial charge in [0.2, 0.25) is 0 Å². The average molecular weight is 422 g/mol. The monoisotopic (exact) mass is 421 g/mol. The summed E-state index contributed by atoms with van der Waals surface area (Å²) >= 11 is 0. The molecule has 2 heterocycles. The number of ether oxygens (including phenoxy) is 2. The SMILES string of the molecule is CC[C@H]1OC[C@@H](O[P+](=O)OC[C@H]2OC[C@@H](O[Si](C)(C)C(C)(C)C)C2C)C1C. The van der Waals surface area contributed by atoms with Crippen LogP contribution in [-0.2, 0) is 27.5 Å². The molecule has 7 atom stereocenters. The molecule has 6 nitrogen and oxygen atoms in total. The molecule has 0 amide bonds. The molecule has 8 heteroatoms. The van der Waals surface area contributed by atoms with Gasteiger partial charge in [-0.1, -0.05) is 41.5 Å². The number of hydrogen-bond acceptors (Lipinski definition) is 6. The lowest BCUT2D eigenvalue weighted by molar-refractivity contribution is 0.0415. The van der Waals surface area contributed by atoms with E-state index < -0.39 is 16.6 Å². The van der Waals surface area contributed by atoms with E-state index in [0.717, 1.165) is 6.42 Å². The molecule has 3 unspecified atom stereocenters. The van der Waals surface area contributed by atoms with Crippen molar-refractivity contribution >= 4 is 16.6 Å². The Morgan fingerprint density at radius 1 is 1.04 bits per heavy atom. The van der Waals surface area contributed by atoms with Crippen LogP contribution >= 0.6 is 8.25 Å². The quantitative estimate of drug-likeness (QED) is 0.410. The van der Waals surface area contributed by atoms with E-state index >= 15 is 0 Å². The smallest absolute Gasteiger partial charge is 0.411 e. The molecule has 158 valence electrons. The first-order valence-electron chi connectivity index (χ1n) is 10.1. The van der Waals surface area contributed by atoms with Crippen LogP contribution in [0.25, 0.3) is 0 Å². The van der Waals surface area contributed by atoms with Crippen molar-refractivity contribution in [2.45, 2.75) is 90.5 Å². The van der Waals surface area contributed by atoms with Crippen molar-refractivity contribution in [3.05, 3.63) is 0 Å². The Morgan fingerprint density at radius 2 is 1.59 bits per heavy atom. The number of rotatable bonds is 8. The Morgan fingerprint density at radius 3 is 2.15 bits per heavy atom. The summed E-state index contributed by atoms with van der Waals surface area (Å²) in [5, 5.41) is 0.162. The van der Waals surface area contributed by atoms with Gasteiger partial charge in [0.05, 0.1) is 31.5 Å². The molecule has 2 saturated heterocycles. The fourth-order valence-electron chi connectivity index (χ4n) is 3.31. The van der Waals surface area contributed by atoms with Gasteiger partial charge in [-0.05, 0) is 24.6 Å². The minimum Gasteiger partial charge on any atom is -0.411 e. The molecular formula is C19H38O6PSi+. The topological polar surface area (TPSA) is 63.2 Å². The second-order valence-electron chi connectivity index (χ2n) is 9.45. The molecule has 0 aliphatic carbocycles. The molecule has 2 rings (SSSR count). The molecule has 0 aromatic carbocycles. The van der Waals surface area contributed by atoms with E-state index in [9.17, 15) is 4.57 Å². The first-order valence-corrected chi connectivity index (χ1v) is 14.1. The molecule has 2 fully saturated rings. The van der Waals surface area contributed by atoms with E-state index in [2.05, 4.69) is 54.6 Å². The minimum absolute atomic E-state index is 0.0619. The van der Waals surface area contributed by atoms with Gasteiger partial charge in [0.25, 0.3) is 0 Å². The largest absolute Gasteiger partial charge is 0.697 e. The van der Waals surface area contributed by atoms with Crippen LogP contribution in [0.1, 0.15) is 48.0 Å². The maximum Gasteiger partial charge on any atom is 0.697 e. The molecule has 0 N–H and O–H groups in total. The van der Waals surface area contributed by atoms with E-state index in [1.807, 2.05) is 0 Å². The summed E-state index contributed by atoms with van der Waals surface area (Å²) in [6, 6.07) is 0. The van der Waals surface area contributed by atoms with Gasteiger partial charge in [-0.25, -0.2) is 0 Å². The van der Waals surface area contributed by atoms with Crippen molar-refractivity contribution in [2.24, 2.45) is 11.8 Å². The zero-order valence-electron chi connectivity index (χ0n) is 18.2. The second kappa shape index (κ2) is 9.29. The van der Waals surface area contributed by atoms with Crippen molar-refractivity contribution in [3.8, 4) is 0 Å². The maximum absolute atomic E-state index is 12.2. The first-order chi connectivity index (χ1) is 12.5. The minimum atomic E-state index is -2.18. The predicted octanol–water partition coefficient (Wildman–Crippen LogP) is 4.92. The van der Waals surface area contributed by atoms with Gasteiger partial charge in [0.15, 0.2) is 8.32 Å². The summed E-state index contributed by atoms with van der Waals surface area (Å²) in [6.45, 7) is 18.8. The lowest BCUT2D eigenvalue weighted by atomic mass is 10.0. The molecule has 0 bridgehead atoms. The van der Waals surface area contributed by atoms with E-state index in [4.69, 9.17) is 22.9 Å². The van der Waals surface area contributed by atoms with Crippen molar-refractivity contribution in [3.63, 3.8) is 0 Å². The summed E-state index contributed by atoms with van der Waals surface area (Å²) in [5.74, 6) is 0.419. The molecule has 0 aromatic rings. The van der Waals surface area contributed by atoms with Crippen LogP contribution < -0.4 is 0 Å². The third-order valence-corrected chi connectivity index (χ3v) is 11.8. The lowest BCUT2D eigenvalue weighted by Crippen LogP contribution is -2.45. The van der Waals surface area contributed by atoms with Gasteiger partial charge in [-0.3, -0.25) is 0 Å². The van der Waals surface area contributed by atoms with E-state index in [1.165, 1.54) is 0 Å². The van der Waals surface area contributed by atoms with Crippen molar-refractivity contribution < 1.29 is 27.5 Å². The average Bonchev–Trinajstić information content (AvgIpc) is 3.08. The van der Waals surface area contributed by atoms with Crippen LogP contribution in [0.4, 0.5) is 0 Å². The van der Waals surface area contributed by atoms with E-state index in [0.29, 0.717) is 13.2 Å². The van der Waals surface area contributed by atoms with Crippen molar-refractivity contribution in [2.75, 3.05) is 19.8 Å². The van der Waals surface area contributed by atoms with E-state index in [-0.39, 0.29) is 47.9 Å². The number of hydrogen-bond donors (Lipinski definition) is 0. The molecule has 0 spiro atoms. The van der Waals surface area contributed by atoms with Crippen molar-refractivity contribution in [1.29, 1.82) is 0 Å². The van der Waals surface area contributed by atoms with Gasteiger partial charge in [-0.15, -0.1) is 9.05 Å². The van der Waals surface area contributed by atoms with Crippen LogP contribution in [-0.4, -0.2) is 52.6 Å². The molecule has 2 aliphatic heterocycles. The van der Waals surface area contributed by atoms with Gasteiger partial charge >= 0.3 is 8.25 Å². The van der Waals surface area contributed by atoms with Crippen LogP contribution in [0.15, 0.2) is 0 Å². The van der Waals surface area contributed by atoms with Crippen LogP contribution in [0.3, 0.4) is 0 Å². The van der Waals surface area contributed by atoms with E-state index in [1.54, 1.807) is 0 Å². The second-order valence-corrected chi connectivity index (χ2v) is 15.1. The highest BCUT2D eigenvalue weighted by atomic mass is 31.1. The zero-order valence-corrected chi connectivity index (χ0v) is 20.1. The van der Waals surface area contributed by atoms with Crippen LogP contribution in [0, 0.1) is 11.8 Å².